The lowest BCUT2D eigenvalue weighted by molar-refractivity contribution is -0.137. The molecule has 0 N–H and O–H groups in total. The minimum Gasteiger partial charge on any atom is -0.497 e. The molecule has 0 radical (unpaired) electrons. The van der Waals surface area contributed by atoms with Gasteiger partial charge in [-0.2, -0.15) is 5.10 Å². The van der Waals surface area contributed by atoms with Crippen molar-refractivity contribution < 1.29 is 23.9 Å². The van der Waals surface area contributed by atoms with Gasteiger partial charge in [-0.1, -0.05) is 48.0 Å². The fourth-order valence-corrected chi connectivity index (χ4v) is 7.55. The number of hydrogen-bond acceptors (Lipinski definition) is 7. The second-order valence-corrected chi connectivity index (χ2v) is 12.9. The number of fused-ring (bicyclic) bond motifs is 1. The third-order valence-electron chi connectivity index (χ3n) is 8.81. The van der Waals surface area contributed by atoms with Crippen molar-refractivity contribution >= 4 is 35.3 Å². The molecule has 0 aliphatic carbocycles. The third kappa shape index (κ3) is 6.32. The third-order valence-corrected chi connectivity index (χ3v) is 10.0. The van der Waals surface area contributed by atoms with Crippen LogP contribution in [-0.2, 0) is 14.4 Å². The summed E-state index contributed by atoms with van der Waals surface area (Å²) in [5.74, 6) is 1.63. The van der Waals surface area contributed by atoms with Gasteiger partial charge in [0.05, 0.1) is 36.6 Å². The molecule has 3 aromatic carbocycles. The molecule has 0 saturated carbocycles. The summed E-state index contributed by atoms with van der Waals surface area (Å²) in [6.45, 7) is 7.21. The fourth-order valence-electron chi connectivity index (χ4n) is 6.34. The lowest BCUT2D eigenvalue weighted by Gasteiger charge is -2.35. The average molecular weight is 654 g/mol. The van der Waals surface area contributed by atoms with E-state index in [0.717, 1.165) is 33.5 Å². The highest BCUT2D eigenvalue weighted by Crippen LogP contribution is 2.51. The maximum atomic E-state index is 14.2. The van der Waals surface area contributed by atoms with Crippen molar-refractivity contribution in [1.82, 2.24) is 19.6 Å². The van der Waals surface area contributed by atoms with Crippen molar-refractivity contribution in [2.75, 3.05) is 57.6 Å². The summed E-state index contributed by atoms with van der Waals surface area (Å²) in [6, 6.07) is 21.7. The lowest BCUT2D eigenvalue weighted by atomic mass is 9.98. The molecule has 3 heterocycles. The molecule has 11 heteroatoms. The van der Waals surface area contributed by atoms with Gasteiger partial charge in [0, 0.05) is 49.8 Å². The van der Waals surface area contributed by atoms with Gasteiger partial charge in [0.25, 0.3) is 0 Å². The smallest absolute Gasteiger partial charge is 0.242 e. The summed E-state index contributed by atoms with van der Waals surface area (Å²) in [5, 5.41) is 4.86. The van der Waals surface area contributed by atoms with Gasteiger partial charge in [-0.25, -0.2) is 4.68 Å². The molecular weight excluding hydrogens is 614 g/mol. The van der Waals surface area contributed by atoms with E-state index >= 15 is 0 Å². The van der Waals surface area contributed by atoms with Gasteiger partial charge < -0.3 is 19.3 Å². The Morgan fingerprint density at radius 1 is 0.915 bits per heavy atom. The SMILES string of the molecule is COc1ccc(OC)c(C2SCC(=O)N(CC(=O)N3CCN(C(C)=O)CC3)c3c2c(-c2ccccc2)nn3-c2ccc(C)cc2C)c1. The number of aromatic nitrogens is 2. The van der Waals surface area contributed by atoms with E-state index < -0.39 is 0 Å². The highest BCUT2D eigenvalue weighted by atomic mass is 32.2. The zero-order valence-electron chi connectivity index (χ0n) is 27.4. The van der Waals surface area contributed by atoms with E-state index in [2.05, 4.69) is 6.07 Å². The minimum atomic E-state index is -0.382. The van der Waals surface area contributed by atoms with Gasteiger partial charge >= 0.3 is 0 Å². The van der Waals surface area contributed by atoms with Crippen LogP contribution in [0.25, 0.3) is 16.9 Å². The summed E-state index contributed by atoms with van der Waals surface area (Å²) in [6.07, 6.45) is 0. The van der Waals surface area contributed by atoms with Crippen molar-refractivity contribution in [3.63, 3.8) is 0 Å². The van der Waals surface area contributed by atoms with Crippen LogP contribution in [0.1, 0.15) is 34.4 Å². The first-order chi connectivity index (χ1) is 22.7. The molecule has 2 aliphatic rings. The highest BCUT2D eigenvalue weighted by Gasteiger charge is 2.39. The van der Waals surface area contributed by atoms with Gasteiger partial charge in [-0.05, 0) is 43.7 Å². The monoisotopic (exact) mass is 653 g/mol. The van der Waals surface area contributed by atoms with Crippen molar-refractivity contribution in [2.45, 2.75) is 26.0 Å². The number of anilines is 1. The Morgan fingerprint density at radius 2 is 1.64 bits per heavy atom. The molecule has 1 fully saturated rings. The number of piperazine rings is 1. The number of carbonyl (C=O) groups is 3. The second-order valence-electron chi connectivity index (χ2n) is 11.8. The topological polar surface area (TPSA) is 97.2 Å². The molecule has 4 aromatic rings. The van der Waals surface area contributed by atoms with Crippen LogP contribution in [0.3, 0.4) is 0 Å². The number of aryl methyl sites for hydroxylation is 2. The summed E-state index contributed by atoms with van der Waals surface area (Å²) in [4.78, 5) is 45.2. The molecule has 1 saturated heterocycles. The minimum absolute atomic E-state index is 0.00807. The van der Waals surface area contributed by atoms with Crippen molar-refractivity contribution in [1.29, 1.82) is 0 Å². The molecule has 3 amide bonds. The number of ether oxygens (including phenoxy) is 2. The fraction of sp³-hybridized carbons (Fsp3) is 0.333. The zero-order chi connectivity index (χ0) is 33.2. The Kier molecular flexibility index (Phi) is 9.26. The largest absolute Gasteiger partial charge is 0.497 e. The number of nitrogens with zero attached hydrogens (tertiary/aromatic N) is 5. The van der Waals surface area contributed by atoms with Gasteiger partial charge in [0.2, 0.25) is 17.7 Å². The van der Waals surface area contributed by atoms with Crippen LogP contribution in [-0.4, -0.2) is 90.0 Å². The predicted molar refractivity (Wildman–Crippen MR) is 184 cm³/mol. The second kappa shape index (κ2) is 13.5. The van der Waals surface area contributed by atoms with Crippen LogP contribution in [0.15, 0.2) is 66.7 Å². The zero-order valence-corrected chi connectivity index (χ0v) is 28.2. The van der Waals surface area contributed by atoms with Crippen LogP contribution < -0.4 is 14.4 Å². The Bertz CT molecular complexity index is 1820. The van der Waals surface area contributed by atoms with Crippen molar-refractivity contribution in [2.24, 2.45) is 0 Å². The molecule has 0 spiro atoms. The predicted octanol–water partition coefficient (Wildman–Crippen LogP) is 5.03. The average Bonchev–Trinajstić information content (AvgIpc) is 3.40. The molecule has 244 valence electrons. The van der Waals surface area contributed by atoms with E-state index in [1.54, 1.807) is 35.8 Å². The maximum absolute atomic E-state index is 14.2. The quantitative estimate of drug-likeness (QED) is 0.276. The molecule has 2 aliphatic heterocycles. The number of methoxy groups -OCH3 is 2. The number of benzene rings is 3. The van der Waals surface area contributed by atoms with E-state index in [-0.39, 0.29) is 35.3 Å². The molecule has 10 nitrogen and oxygen atoms in total. The molecule has 6 rings (SSSR count). The maximum Gasteiger partial charge on any atom is 0.242 e. The number of hydrogen-bond donors (Lipinski definition) is 0. The normalized spacial score (nSPS) is 16.5. The van der Waals surface area contributed by atoms with E-state index in [1.807, 2.05) is 79.2 Å². The molecular formula is C36H39N5O5S. The summed E-state index contributed by atoms with van der Waals surface area (Å²) >= 11 is 1.48. The van der Waals surface area contributed by atoms with E-state index in [4.69, 9.17) is 14.6 Å². The molecule has 1 atom stereocenters. The van der Waals surface area contributed by atoms with E-state index in [9.17, 15) is 14.4 Å². The first kappa shape index (κ1) is 32.2. The van der Waals surface area contributed by atoms with Gasteiger partial charge in [-0.15, -0.1) is 11.8 Å². The summed E-state index contributed by atoms with van der Waals surface area (Å²) < 4.78 is 13.3. The molecule has 0 bridgehead atoms. The number of carbonyl (C=O) groups excluding carboxylic acids is 3. The summed E-state index contributed by atoms with van der Waals surface area (Å²) in [7, 11) is 3.25. The Labute approximate surface area is 279 Å². The number of thioether (sulfide) groups is 1. The van der Waals surface area contributed by atoms with Crippen LogP contribution in [0.5, 0.6) is 11.5 Å². The Morgan fingerprint density at radius 3 is 2.30 bits per heavy atom. The first-order valence-electron chi connectivity index (χ1n) is 15.6. The molecule has 47 heavy (non-hydrogen) atoms. The first-order valence-corrected chi connectivity index (χ1v) is 16.7. The molecule has 1 aromatic heterocycles. The van der Waals surface area contributed by atoms with Crippen molar-refractivity contribution in [3.05, 3.63) is 89.0 Å². The highest BCUT2D eigenvalue weighted by molar-refractivity contribution is 8.00. The van der Waals surface area contributed by atoms with Crippen molar-refractivity contribution in [3.8, 4) is 28.4 Å². The number of amides is 3. The van der Waals surface area contributed by atoms with Crippen LogP contribution in [0, 0.1) is 13.8 Å². The van der Waals surface area contributed by atoms with Crippen LogP contribution in [0.4, 0.5) is 5.82 Å². The van der Waals surface area contributed by atoms with Crippen LogP contribution in [0.2, 0.25) is 0 Å². The van der Waals surface area contributed by atoms with E-state index in [0.29, 0.717) is 49.2 Å². The van der Waals surface area contributed by atoms with E-state index in [1.165, 1.54) is 11.8 Å². The van der Waals surface area contributed by atoms with Crippen LogP contribution >= 0.6 is 11.8 Å². The number of rotatable bonds is 7. The summed E-state index contributed by atoms with van der Waals surface area (Å²) in [5.41, 5.74) is 6.17. The Hall–Kier alpha value is -4.77. The molecule has 1 unspecified atom stereocenters. The lowest BCUT2D eigenvalue weighted by Crippen LogP contribution is -2.53. The Balaban J connectivity index is 1.57. The standard InChI is InChI=1S/C36H39N5O5S/c1-23-11-13-29(24(2)19-23)41-36-33(34(37-41)26-9-7-6-8-10-26)35(28-20-27(45-4)12-14-30(28)46-5)47-22-32(44)40(36)21-31(43)39-17-15-38(16-18-39)25(3)42/h6-14,19-20,35H,15-18,21-22H2,1-5H3. The van der Waals surface area contributed by atoms with Gasteiger partial charge in [-0.3, -0.25) is 19.3 Å². The van der Waals surface area contributed by atoms with Gasteiger partial charge in [0.1, 0.15) is 23.9 Å². The van der Waals surface area contributed by atoms with Gasteiger partial charge in [0.15, 0.2) is 0 Å².